The molecule has 0 aliphatic carbocycles. The molecule has 5 nitrogen and oxygen atoms in total. The number of aromatic nitrogens is 2. The maximum atomic E-state index is 13.8. The van der Waals surface area contributed by atoms with Gasteiger partial charge in [0.1, 0.15) is 35.5 Å². The van der Waals surface area contributed by atoms with E-state index >= 15 is 0 Å². The van der Waals surface area contributed by atoms with E-state index in [4.69, 9.17) is 16.3 Å². The van der Waals surface area contributed by atoms with Crippen molar-refractivity contribution in [3.05, 3.63) is 74.8 Å². The zero-order valence-corrected chi connectivity index (χ0v) is 15.7. The molecule has 2 aromatic carbocycles. The Morgan fingerprint density at radius 3 is 2.70 bits per heavy atom. The van der Waals surface area contributed by atoms with Crippen LogP contribution in [0.4, 0.5) is 4.39 Å². The largest absolute Gasteiger partial charge is 0.488 e. The van der Waals surface area contributed by atoms with Crippen LogP contribution in [0.1, 0.15) is 11.1 Å². The minimum absolute atomic E-state index is 0.150. The Kier molecular flexibility index (Phi) is 5.79. The Hall–Kier alpha value is -2.82. The van der Waals surface area contributed by atoms with Crippen molar-refractivity contribution < 1.29 is 9.13 Å². The number of ether oxygens (including phenoxy) is 1. The number of nitrogens with zero attached hydrogens (tertiary/aromatic N) is 2. The highest BCUT2D eigenvalue weighted by molar-refractivity contribution is 7.98. The fourth-order valence-corrected chi connectivity index (χ4v) is 2.90. The molecule has 27 heavy (non-hydrogen) atoms. The second-order valence-electron chi connectivity index (χ2n) is 5.47. The third-order valence-corrected chi connectivity index (χ3v) is 4.54. The van der Waals surface area contributed by atoms with Crippen LogP contribution in [0.3, 0.4) is 0 Å². The zero-order chi connectivity index (χ0) is 19.4. The molecule has 0 unspecified atom stereocenters. The highest BCUT2D eigenvalue weighted by atomic mass is 35.5. The number of hydrogen-bond donors (Lipinski definition) is 1. The molecule has 0 radical (unpaired) electrons. The number of nitrogens with one attached hydrogen (secondary N) is 1. The molecule has 0 saturated carbocycles. The summed E-state index contributed by atoms with van der Waals surface area (Å²) in [5.41, 5.74) is 0.634. The summed E-state index contributed by atoms with van der Waals surface area (Å²) in [7, 11) is 0. The number of thioether (sulfide) groups is 1. The summed E-state index contributed by atoms with van der Waals surface area (Å²) in [5, 5.41) is 10.3. The van der Waals surface area contributed by atoms with Gasteiger partial charge in [0.2, 0.25) is 0 Å². The Balaban J connectivity index is 2.04. The van der Waals surface area contributed by atoms with Gasteiger partial charge in [-0.15, -0.1) is 0 Å². The van der Waals surface area contributed by atoms with Crippen molar-refractivity contribution >= 4 is 23.4 Å². The van der Waals surface area contributed by atoms with Gasteiger partial charge in [-0.05, 0) is 36.1 Å². The lowest BCUT2D eigenvalue weighted by molar-refractivity contribution is 0.306. The smallest absolute Gasteiger partial charge is 0.270 e. The summed E-state index contributed by atoms with van der Waals surface area (Å²) < 4.78 is 19.6. The first kappa shape index (κ1) is 19.0. The summed E-state index contributed by atoms with van der Waals surface area (Å²) >= 11 is 7.10. The van der Waals surface area contributed by atoms with Gasteiger partial charge in [-0.3, -0.25) is 4.79 Å². The summed E-state index contributed by atoms with van der Waals surface area (Å²) in [6.07, 6.45) is 1.75. The van der Waals surface area contributed by atoms with E-state index in [0.29, 0.717) is 15.7 Å². The topological polar surface area (TPSA) is 78.8 Å². The lowest BCUT2D eigenvalue weighted by atomic mass is 10.1. The molecule has 0 aliphatic rings. The molecule has 136 valence electrons. The van der Waals surface area contributed by atoms with Crippen molar-refractivity contribution in [2.75, 3.05) is 6.26 Å². The third kappa shape index (κ3) is 4.30. The van der Waals surface area contributed by atoms with E-state index in [1.165, 1.54) is 30.0 Å². The van der Waals surface area contributed by atoms with Crippen LogP contribution < -0.4 is 10.3 Å². The van der Waals surface area contributed by atoms with E-state index in [1.54, 1.807) is 30.5 Å². The summed E-state index contributed by atoms with van der Waals surface area (Å²) in [6.45, 7) is 0.161. The van der Waals surface area contributed by atoms with Crippen LogP contribution in [-0.4, -0.2) is 16.2 Å². The predicted octanol–water partition coefficient (Wildman–Crippen LogP) is 4.40. The Labute approximate surface area is 163 Å². The third-order valence-electron chi connectivity index (χ3n) is 3.71. The maximum absolute atomic E-state index is 13.8. The number of benzene rings is 2. The number of halogens is 2. The predicted molar refractivity (Wildman–Crippen MR) is 103 cm³/mol. The monoisotopic (exact) mass is 401 g/mol. The van der Waals surface area contributed by atoms with E-state index in [2.05, 4.69) is 9.97 Å². The molecule has 3 aromatic rings. The van der Waals surface area contributed by atoms with Crippen molar-refractivity contribution in [1.29, 1.82) is 5.26 Å². The fourth-order valence-electron chi connectivity index (χ4n) is 2.40. The van der Waals surface area contributed by atoms with E-state index in [0.717, 1.165) is 5.56 Å². The minimum atomic E-state index is -0.556. The van der Waals surface area contributed by atoms with E-state index in [9.17, 15) is 14.4 Å². The van der Waals surface area contributed by atoms with Gasteiger partial charge in [0.05, 0.1) is 0 Å². The Morgan fingerprint density at radius 1 is 1.30 bits per heavy atom. The van der Waals surface area contributed by atoms with Crippen LogP contribution >= 0.6 is 23.4 Å². The maximum Gasteiger partial charge on any atom is 0.270 e. The molecule has 1 N–H and O–H groups in total. The number of nitriles is 1. The molecule has 3 rings (SSSR count). The standard InChI is InChI=1S/C19H13ClFN3O2S/c1-27-19-23-17(15(9-22)18(25)24-19)14-7-6-13(21)8-16(14)26-10-11-2-4-12(20)5-3-11/h2-8H,10H2,1H3,(H,23,24,25). The fraction of sp³-hybridized carbons (Fsp3) is 0.105. The summed E-state index contributed by atoms with van der Waals surface area (Å²) in [4.78, 5) is 19.0. The molecule has 0 bridgehead atoms. The number of aromatic amines is 1. The molecular weight excluding hydrogens is 389 g/mol. The first-order valence-electron chi connectivity index (χ1n) is 7.77. The number of hydrogen-bond acceptors (Lipinski definition) is 5. The van der Waals surface area contributed by atoms with Gasteiger partial charge >= 0.3 is 0 Å². The number of rotatable bonds is 5. The lowest BCUT2D eigenvalue weighted by Gasteiger charge is -2.13. The van der Waals surface area contributed by atoms with E-state index < -0.39 is 11.4 Å². The van der Waals surface area contributed by atoms with Crippen molar-refractivity contribution in [2.24, 2.45) is 0 Å². The van der Waals surface area contributed by atoms with E-state index in [-0.39, 0.29) is 23.6 Å². The van der Waals surface area contributed by atoms with Gasteiger partial charge in [0.15, 0.2) is 5.16 Å². The molecule has 1 aromatic heterocycles. The molecule has 0 atom stereocenters. The molecule has 0 aliphatic heterocycles. The zero-order valence-electron chi connectivity index (χ0n) is 14.1. The normalized spacial score (nSPS) is 10.4. The average molecular weight is 402 g/mol. The van der Waals surface area contributed by atoms with Crippen molar-refractivity contribution in [3.8, 4) is 23.1 Å². The van der Waals surface area contributed by atoms with Gasteiger partial charge in [0.25, 0.3) is 5.56 Å². The number of H-pyrrole nitrogens is 1. The minimum Gasteiger partial charge on any atom is -0.488 e. The SMILES string of the molecule is CSc1nc(-c2ccc(F)cc2OCc2ccc(Cl)cc2)c(C#N)c(=O)[nH]1. The second kappa shape index (κ2) is 8.25. The first-order chi connectivity index (χ1) is 13.0. The van der Waals surface area contributed by atoms with Crippen LogP contribution in [0.25, 0.3) is 11.3 Å². The van der Waals surface area contributed by atoms with Crippen molar-refractivity contribution in [3.63, 3.8) is 0 Å². The first-order valence-corrected chi connectivity index (χ1v) is 9.37. The van der Waals surface area contributed by atoms with Crippen LogP contribution in [0.15, 0.2) is 52.4 Å². The summed E-state index contributed by atoms with van der Waals surface area (Å²) in [6, 6.07) is 12.8. The van der Waals surface area contributed by atoms with Crippen LogP contribution in [0, 0.1) is 17.1 Å². The lowest BCUT2D eigenvalue weighted by Crippen LogP contribution is -2.15. The van der Waals surface area contributed by atoms with Crippen LogP contribution in [0.5, 0.6) is 5.75 Å². The van der Waals surface area contributed by atoms with Crippen LogP contribution in [0.2, 0.25) is 5.02 Å². The van der Waals surface area contributed by atoms with Crippen molar-refractivity contribution in [2.45, 2.75) is 11.8 Å². The van der Waals surface area contributed by atoms with Gasteiger partial charge in [-0.2, -0.15) is 5.26 Å². The molecule has 0 amide bonds. The quantitative estimate of drug-likeness (QED) is 0.506. The van der Waals surface area contributed by atoms with Gasteiger partial charge < -0.3 is 9.72 Å². The van der Waals surface area contributed by atoms with Gasteiger partial charge in [0, 0.05) is 16.7 Å². The molecule has 0 fully saturated rings. The Bertz CT molecular complexity index is 1080. The Morgan fingerprint density at radius 2 is 2.04 bits per heavy atom. The summed E-state index contributed by atoms with van der Waals surface area (Å²) in [5.74, 6) is -0.315. The molecule has 1 heterocycles. The second-order valence-corrected chi connectivity index (χ2v) is 6.70. The average Bonchev–Trinajstić information content (AvgIpc) is 2.67. The highest BCUT2D eigenvalue weighted by Crippen LogP contribution is 2.32. The molecule has 8 heteroatoms. The molecular formula is C19H13ClFN3O2S. The molecule has 0 saturated heterocycles. The van der Waals surface area contributed by atoms with Crippen molar-refractivity contribution in [1.82, 2.24) is 9.97 Å². The van der Waals surface area contributed by atoms with Gasteiger partial charge in [-0.1, -0.05) is 35.5 Å². The van der Waals surface area contributed by atoms with E-state index in [1.807, 2.05) is 6.07 Å². The van der Waals surface area contributed by atoms with Crippen LogP contribution in [-0.2, 0) is 6.61 Å². The highest BCUT2D eigenvalue weighted by Gasteiger charge is 2.18. The van der Waals surface area contributed by atoms with Gasteiger partial charge in [-0.25, -0.2) is 9.37 Å². The molecule has 0 spiro atoms.